The van der Waals surface area contributed by atoms with Crippen molar-refractivity contribution >= 4 is 5.91 Å². The molecule has 2 rings (SSSR count). The van der Waals surface area contributed by atoms with E-state index in [9.17, 15) is 9.18 Å². The number of methoxy groups -OCH3 is 1. The van der Waals surface area contributed by atoms with Crippen molar-refractivity contribution < 1.29 is 13.9 Å². The van der Waals surface area contributed by atoms with Crippen LogP contribution in [0.4, 0.5) is 4.39 Å². The molecule has 0 spiro atoms. The summed E-state index contributed by atoms with van der Waals surface area (Å²) in [6.07, 6.45) is 0.740. The maximum atomic E-state index is 13.5. The maximum Gasteiger partial charge on any atom is 0.230 e. The topological polar surface area (TPSA) is 50.4 Å². The maximum absolute atomic E-state index is 13.5. The lowest BCUT2D eigenvalue weighted by Crippen LogP contribution is -2.45. The number of rotatable bonds is 5. The van der Waals surface area contributed by atoms with E-state index in [1.165, 1.54) is 6.07 Å². The van der Waals surface area contributed by atoms with E-state index in [0.29, 0.717) is 18.7 Å². The zero-order valence-electron chi connectivity index (χ0n) is 11.0. The summed E-state index contributed by atoms with van der Waals surface area (Å²) in [5, 5.41) is 5.98. The summed E-state index contributed by atoms with van der Waals surface area (Å²) < 4.78 is 18.6. The fourth-order valence-electron chi connectivity index (χ4n) is 2.41. The second kappa shape index (κ2) is 6.12. The van der Waals surface area contributed by atoms with Gasteiger partial charge < -0.3 is 15.4 Å². The molecule has 1 aromatic carbocycles. The largest absolute Gasteiger partial charge is 0.384 e. The van der Waals surface area contributed by atoms with Crippen molar-refractivity contribution in [1.82, 2.24) is 10.6 Å². The molecule has 1 aliphatic rings. The van der Waals surface area contributed by atoms with Gasteiger partial charge in [-0.3, -0.25) is 4.79 Å². The number of ether oxygens (including phenoxy) is 1. The van der Waals surface area contributed by atoms with Crippen molar-refractivity contribution in [2.75, 3.05) is 26.8 Å². The van der Waals surface area contributed by atoms with Crippen LogP contribution in [-0.4, -0.2) is 32.7 Å². The molecule has 0 aliphatic carbocycles. The number of carbonyl (C=O) groups excluding carboxylic acids is 1. The van der Waals surface area contributed by atoms with Gasteiger partial charge in [0.15, 0.2) is 0 Å². The summed E-state index contributed by atoms with van der Waals surface area (Å²) in [6, 6.07) is 6.45. The first-order valence-electron chi connectivity index (χ1n) is 6.39. The molecule has 104 valence electrons. The molecule has 1 atom stereocenters. The van der Waals surface area contributed by atoms with Gasteiger partial charge in [0.2, 0.25) is 5.91 Å². The molecule has 0 radical (unpaired) electrons. The number of nitrogens with one attached hydrogen (secondary N) is 2. The molecule has 0 aromatic heterocycles. The number of halogens is 1. The first-order chi connectivity index (χ1) is 9.18. The SMILES string of the molecule is COCC1(C(=O)NCc2ccccc2F)CCNC1. The smallest absolute Gasteiger partial charge is 0.230 e. The number of benzene rings is 1. The third kappa shape index (κ3) is 3.11. The predicted octanol–water partition coefficient (Wildman–Crippen LogP) is 1.07. The summed E-state index contributed by atoms with van der Waals surface area (Å²) in [5.41, 5.74) is -0.0330. The van der Waals surface area contributed by atoms with Gasteiger partial charge in [-0.2, -0.15) is 0 Å². The fourth-order valence-corrected chi connectivity index (χ4v) is 2.41. The van der Waals surface area contributed by atoms with Gasteiger partial charge in [-0.1, -0.05) is 18.2 Å². The summed E-state index contributed by atoms with van der Waals surface area (Å²) in [6.45, 7) is 1.99. The Bertz CT molecular complexity index is 445. The van der Waals surface area contributed by atoms with Gasteiger partial charge in [-0.15, -0.1) is 0 Å². The first-order valence-corrected chi connectivity index (χ1v) is 6.39. The van der Waals surface area contributed by atoms with Crippen LogP contribution in [0.5, 0.6) is 0 Å². The molecule has 5 heteroatoms. The summed E-state index contributed by atoms with van der Waals surface area (Å²) >= 11 is 0. The second-order valence-electron chi connectivity index (χ2n) is 4.91. The summed E-state index contributed by atoms with van der Waals surface area (Å²) in [4.78, 5) is 12.3. The van der Waals surface area contributed by atoms with Crippen LogP contribution < -0.4 is 10.6 Å². The van der Waals surface area contributed by atoms with E-state index in [2.05, 4.69) is 10.6 Å². The quantitative estimate of drug-likeness (QED) is 0.838. The van der Waals surface area contributed by atoms with Crippen molar-refractivity contribution in [3.8, 4) is 0 Å². The molecule has 0 saturated carbocycles. The predicted molar refractivity (Wildman–Crippen MR) is 70.0 cm³/mol. The average Bonchev–Trinajstić information content (AvgIpc) is 2.88. The summed E-state index contributed by atoms with van der Waals surface area (Å²) in [5.74, 6) is -0.379. The Hall–Kier alpha value is -1.46. The van der Waals surface area contributed by atoms with E-state index in [-0.39, 0.29) is 18.3 Å². The van der Waals surface area contributed by atoms with Gasteiger partial charge in [-0.05, 0) is 19.0 Å². The van der Waals surface area contributed by atoms with Crippen LogP contribution in [0.1, 0.15) is 12.0 Å². The molecule has 1 aromatic rings. The molecule has 2 N–H and O–H groups in total. The van der Waals surface area contributed by atoms with Crippen molar-refractivity contribution in [1.29, 1.82) is 0 Å². The number of amides is 1. The highest BCUT2D eigenvalue weighted by atomic mass is 19.1. The second-order valence-corrected chi connectivity index (χ2v) is 4.91. The molecular weight excluding hydrogens is 247 g/mol. The van der Waals surface area contributed by atoms with Crippen LogP contribution in [0.25, 0.3) is 0 Å². The standard InChI is InChI=1S/C14H19FN2O2/c1-19-10-14(6-7-16-9-14)13(18)17-8-11-4-2-3-5-12(11)15/h2-5,16H,6-10H2,1H3,(H,17,18). The molecule has 1 fully saturated rings. The van der Waals surface area contributed by atoms with Gasteiger partial charge in [-0.25, -0.2) is 4.39 Å². The Morgan fingerprint density at radius 2 is 2.32 bits per heavy atom. The molecule has 19 heavy (non-hydrogen) atoms. The number of hydrogen-bond donors (Lipinski definition) is 2. The Balaban J connectivity index is 1.98. The monoisotopic (exact) mass is 266 g/mol. The Kier molecular flexibility index (Phi) is 4.50. The van der Waals surface area contributed by atoms with E-state index in [1.807, 2.05) is 0 Å². The lowest BCUT2D eigenvalue weighted by Gasteiger charge is -2.26. The zero-order chi connectivity index (χ0) is 13.7. The first kappa shape index (κ1) is 14.0. The molecule has 1 saturated heterocycles. The van der Waals surface area contributed by atoms with Crippen molar-refractivity contribution in [3.63, 3.8) is 0 Å². The van der Waals surface area contributed by atoms with Gasteiger partial charge in [0.25, 0.3) is 0 Å². The third-order valence-electron chi connectivity index (χ3n) is 3.54. The van der Waals surface area contributed by atoms with E-state index in [0.717, 1.165) is 13.0 Å². The van der Waals surface area contributed by atoms with Crippen LogP contribution in [0.2, 0.25) is 0 Å². The zero-order valence-corrected chi connectivity index (χ0v) is 11.0. The van der Waals surface area contributed by atoms with Gasteiger partial charge in [0.1, 0.15) is 5.82 Å². The van der Waals surface area contributed by atoms with E-state index >= 15 is 0 Å². The van der Waals surface area contributed by atoms with Crippen molar-refractivity contribution in [3.05, 3.63) is 35.6 Å². The fraction of sp³-hybridized carbons (Fsp3) is 0.500. The number of hydrogen-bond acceptors (Lipinski definition) is 3. The molecule has 1 aliphatic heterocycles. The Morgan fingerprint density at radius 1 is 1.53 bits per heavy atom. The highest BCUT2D eigenvalue weighted by Gasteiger charge is 2.41. The normalized spacial score (nSPS) is 22.4. The van der Waals surface area contributed by atoms with Crippen LogP contribution in [-0.2, 0) is 16.1 Å². The van der Waals surface area contributed by atoms with Gasteiger partial charge in [0.05, 0.1) is 12.0 Å². The molecule has 1 heterocycles. The minimum atomic E-state index is -0.528. The van der Waals surface area contributed by atoms with Crippen LogP contribution >= 0.6 is 0 Å². The van der Waals surface area contributed by atoms with E-state index in [1.54, 1.807) is 25.3 Å². The van der Waals surface area contributed by atoms with E-state index in [4.69, 9.17) is 4.74 Å². The summed E-state index contributed by atoms with van der Waals surface area (Å²) in [7, 11) is 1.59. The average molecular weight is 266 g/mol. The molecule has 0 bridgehead atoms. The molecule has 1 amide bonds. The van der Waals surface area contributed by atoms with Crippen molar-refractivity contribution in [2.45, 2.75) is 13.0 Å². The third-order valence-corrected chi connectivity index (χ3v) is 3.54. The highest BCUT2D eigenvalue weighted by molar-refractivity contribution is 5.83. The lowest BCUT2D eigenvalue weighted by atomic mass is 9.87. The highest BCUT2D eigenvalue weighted by Crippen LogP contribution is 2.26. The van der Waals surface area contributed by atoms with Crippen LogP contribution in [0.15, 0.2) is 24.3 Å². The van der Waals surface area contributed by atoms with E-state index < -0.39 is 5.41 Å². The molecular formula is C14H19FN2O2. The Labute approximate surface area is 112 Å². The van der Waals surface area contributed by atoms with Crippen molar-refractivity contribution in [2.24, 2.45) is 5.41 Å². The van der Waals surface area contributed by atoms with Crippen LogP contribution in [0.3, 0.4) is 0 Å². The van der Waals surface area contributed by atoms with Gasteiger partial charge >= 0.3 is 0 Å². The van der Waals surface area contributed by atoms with Crippen LogP contribution in [0, 0.1) is 11.2 Å². The molecule has 1 unspecified atom stereocenters. The van der Waals surface area contributed by atoms with Gasteiger partial charge in [0, 0.05) is 25.8 Å². The molecule has 4 nitrogen and oxygen atoms in total. The minimum Gasteiger partial charge on any atom is -0.384 e. The lowest BCUT2D eigenvalue weighted by molar-refractivity contribution is -0.133. The number of carbonyl (C=O) groups is 1. The minimum absolute atomic E-state index is 0.0809. The Morgan fingerprint density at radius 3 is 2.95 bits per heavy atom.